The van der Waals surface area contributed by atoms with E-state index in [-0.39, 0.29) is 11.8 Å². The Labute approximate surface area is 134 Å². The van der Waals surface area contributed by atoms with Crippen LogP contribution in [-0.2, 0) is 9.59 Å². The Balaban J connectivity index is 2.32. The number of carbonyl (C=O) groups is 2. The van der Waals surface area contributed by atoms with E-state index < -0.39 is 6.04 Å². The maximum absolute atomic E-state index is 12.7. The monoisotopic (exact) mass is 352 g/mol. The van der Waals surface area contributed by atoms with Crippen LogP contribution in [0.4, 0.5) is 5.69 Å². The molecule has 0 radical (unpaired) electrons. The number of rotatable bonds is 3. The molecule has 0 bridgehead atoms. The van der Waals surface area contributed by atoms with Crippen molar-refractivity contribution in [2.45, 2.75) is 39.7 Å². The standard InChI is InChI=1S/C16H21BrN2O2/c1-10(2)6-14-16(21)19(5-4-15(20)18-14)13-8-11(3)7-12(17)9-13/h7-10,14H,4-6H2,1-3H3,(H,18,20). The minimum atomic E-state index is -0.431. The van der Waals surface area contributed by atoms with Gasteiger partial charge in [0.25, 0.3) is 0 Å². The first-order valence-corrected chi connectivity index (χ1v) is 8.04. The van der Waals surface area contributed by atoms with Gasteiger partial charge in [-0.25, -0.2) is 0 Å². The molecule has 1 aromatic rings. The van der Waals surface area contributed by atoms with Crippen LogP contribution in [-0.4, -0.2) is 24.4 Å². The highest BCUT2D eigenvalue weighted by Gasteiger charge is 2.31. The van der Waals surface area contributed by atoms with Gasteiger partial charge in [0.05, 0.1) is 0 Å². The number of hydrogen-bond acceptors (Lipinski definition) is 2. The summed E-state index contributed by atoms with van der Waals surface area (Å²) in [5, 5.41) is 2.85. The maximum Gasteiger partial charge on any atom is 0.249 e. The Morgan fingerprint density at radius 3 is 2.67 bits per heavy atom. The molecular weight excluding hydrogens is 332 g/mol. The number of aryl methyl sites for hydroxylation is 1. The lowest BCUT2D eigenvalue weighted by molar-refractivity contribution is -0.125. The minimum Gasteiger partial charge on any atom is -0.344 e. The first-order valence-electron chi connectivity index (χ1n) is 7.24. The number of nitrogens with zero attached hydrogens (tertiary/aromatic N) is 1. The number of halogens is 1. The predicted molar refractivity (Wildman–Crippen MR) is 87.2 cm³/mol. The van der Waals surface area contributed by atoms with Gasteiger partial charge in [-0.05, 0) is 43.0 Å². The molecule has 0 spiro atoms. The molecule has 1 aliphatic rings. The molecular formula is C16H21BrN2O2. The molecule has 0 aromatic heterocycles. The van der Waals surface area contributed by atoms with Crippen LogP contribution in [0.5, 0.6) is 0 Å². The van der Waals surface area contributed by atoms with Gasteiger partial charge in [-0.3, -0.25) is 9.59 Å². The largest absolute Gasteiger partial charge is 0.344 e. The lowest BCUT2D eigenvalue weighted by Gasteiger charge is -2.25. The van der Waals surface area contributed by atoms with Crippen LogP contribution in [0.15, 0.2) is 22.7 Å². The zero-order chi connectivity index (χ0) is 15.6. The van der Waals surface area contributed by atoms with E-state index in [0.717, 1.165) is 15.7 Å². The summed E-state index contributed by atoms with van der Waals surface area (Å²) >= 11 is 3.47. The fourth-order valence-electron chi connectivity index (χ4n) is 2.60. The predicted octanol–water partition coefficient (Wildman–Crippen LogP) is 3.03. The van der Waals surface area contributed by atoms with Gasteiger partial charge in [0.2, 0.25) is 11.8 Å². The van der Waals surface area contributed by atoms with Crippen LogP contribution >= 0.6 is 15.9 Å². The van der Waals surface area contributed by atoms with Crippen molar-refractivity contribution in [2.24, 2.45) is 5.92 Å². The summed E-state index contributed by atoms with van der Waals surface area (Å²) in [6.07, 6.45) is 1.000. The lowest BCUT2D eigenvalue weighted by atomic mass is 10.0. The van der Waals surface area contributed by atoms with Crippen LogP contribution in [0.25, 0.3) is 0 Å². The van der Waals surface area contributed by atoms with Crippen molar-refractivity contribution in [1.82, 2.24) is 5.32 Å². The van der Waals surface area contributed by atoms with E-state index in [2.05, 4.69) is 35.1 Å². The van der Waals surface area contributed by atoms with E-state index in [1.807, 2.05) is 25.1 Å². The van der Waals surface area contributed by atoms with Gasteiger partial charge >= 0.3 is 0 Å². The van der Waals surface area contributed by atoms with Gasteiger partial charge in [0, 0.05) is 23.1 Å². The molecule has 2 rings (SSSR count). The second-order valence-corrected chi connectivity index (χ2v) is 6.89. The molecule has 0 saturated carbocycles. The SMILES string of the molecule is Cc1cc(Br)cc(N2CCC(=O)NC(CC(C)C)C2=O)c1. The molecule has 1 atom stereocenters. The van der Waals surface area contributed by atoms with E-state index in [9.17, 15) is 9.59 Å². The van der Waals surface area contributed by atoms with Crippen molar-refractivity contribution in [3.05, 3.63) is 28.2 Å². The molecule has 1 saturated heterocycles. The second kappa shape index (κ2) is 6.60. The molecule has 1 aromatic carbocycles. The summed E-state index contributed by atoms with van der Waals surface area (Å²) < 4.78 is 0.939. The molecule has 1 N–H and O–H groups in total. The summed E-state index contributed by atoms with van der Waals surface area (Å²) in [5.74, 6) is 0.277. The van der Waals surface area contributed by atoms with Gasteiger partial charge in [0.1, 0.15) is 6.04 Å². The zero-order valence-corrected chi connectivity index (χ0v) is 14.2. The Hall–Kier alpha value is -1.36. The third-order valence-corrected chi connectivity index (χ3v) is 3.97. The molecule has 1 aliphatic heterocycles. The summed E-state index contributed by atoms with van der Waals surface area (Å²) in [6, 6.07) is 5.47. The van der Waals surface area contributed by atoms with Crippen molar-refractivity contribution in [3.63, 3.8) is 0 Å². The third-order valence-electron chi connectivity index (χ3n) is 3.51. The smallest absolute Gasteiger partial charge is 0.249 e. The van der Waals surface area contributed by atoms with E-state index in [4.69, 9.17) is 0 Å². The summed E-state index contributed by atoms with van der Waals surface area (Å²) in [7, 11) is 0. The average Bonchev–Trinajstić information content (AvgIpc) is 2.48. The van der Waals surface area contributed by atoms with Gasteiger partial charge in [-0.1, -0.05) is 29.8 Å². The van der Waals surface area contributed by atoms with Gasteiger partial charge in [-0.2, -0.15) is 0 Å². The Kier molecular flexibility index (Phi) is 5.04. The summed E-state index contributed by atoms with van der Waals surface area (Å²) in [5.41, 5.74) is 1.92. The van der Waals surface area contributed by atoms with Crippen molar-refractivity contribution < 1.29 is 9.59 Å². The van der Waals surface area contributed by atoms with Crippen molar-refractivity contribution >= 4 is 33.4 Å². The van der Waals surface area contributed by atoms with E-state index in [1.54, 1.807) is 4.90 Å². The topological polar surface area (TPSA) is 49.4 Å². The van der Waals surface area contributed by atoms with Crippen LogP contribution in [0.1, 0.15) is 32.3 Å². The van der Waals surface area contributed by atoms with Crippen LogP contribution in [0, 0.1) is 12.8 Å². The van der Waals surface area contributed by atoms with Crippen molar-refractivity contribution in [1.29, 1.82) is 0 Å². The average molecular weight is 353 g/mol. The lowest BCUT2D eigenvalue weighted by Crippen LogP contribution is -2.45. The number of carbonyl (C=O) groups excluding carboxylic acids is 2. The molecule has 2 amide bonds. The quantitative estimate of drug-likeness (QED) is 0.908. The third kappa shape index (κ3) is 4.06. The summed E-state index contributed by atoms with van der Waals surface area (Å²) in [6.45, 7) is 6.52. The van der Waals surface area contributed by atoms with E-state index >= 15 is 0 Å². The fraction of sp³-hybridized carbons (Fsp3) is 0.500. The highest BCUT2D eigenvalue weighted by Crippen LogP contribution is 2.25. The van der Waals surface area contributed by atoms with Gasteiger partial charge in [-0.15, -0.1) is 0 Å². The molecule has 21 heavy (non-hydrogen) atoms. The van der Waals surface area contributed by atoms with Crippen LogP contribution < -0.4 is 10.2 Å². The van der Waals surface area contributed by atoms with Gasteiger partial charge in [0.15, 0.2) is 0 Å². The van der Waals surface area contributed by atoms with Crippen molar-refractivity contribution in [2.75, 3.05) is 11.4 Å². The number of nitrogens with one attached hydrogen (secondary N) is 1. The Morgan fingerprint density at radius 1 is 1.33 bits per heavy atom. The molecule has 4 nitrogen and oxygen atoms in total. The maximum atomic E-state index is 12.7. The first-order chi connectivity index (χ1) is 9.86. The van der Waals surface area contributed by atoms with E-state index in [1.165, 1.54) is 0 Å². The molecule has 1 fully saturated rings. The molecule has 0 aliphatic carbocycles. The van der Waals surface area contributed by atoms with Crippen LogP contribution in [0.3, 0.4) is 0 Å². The zero-order valence-electron chi connectivity index (χ0n) is 12.6. The number of hydrogen-bond donors (Lipinski definition) is 1. The molecule has 114 valence electrons. The summed E-state index contributed by atoms with van der Waals surface area (Å²) in [4.78, 5) is 26.3. The normalized spacial score (nSPS) is 19.7. The number of anilines is 1. The molecule has 1 heterocycles. The Morgan fingerprint density at radius 2 is 2.05 bits per heavy atom. The molecule has 1 unspecified atom stereocenters. The minimum absolute atomic E-state index is 0.0212. The Bertz CT molecular complexity index is 537. The van der Waals surface area contributed by atoms with E-state index in [0.29, 0.717) is 25.3 Å². The van der Waals surface area contributed by atoms with Crippen molar-refractivity contribution in [3.8, 4) is 0 Å². The van der Waals surface area contributed by atoms with Gasteiger partial charge < -0.3 is 10.2 Å². The highest BCUT2D eigenvalue weighted by molar-refractivity contribution is 9.10. The van der Waals surface area contributed by atoms with Crippen LogP contribution in [0.2, 0.25) is 0 Å². The number of amides is 2. The number of benzene rings is 1. The molecule has 5 heteroatoms. The fourth-order valence-corrected chi connectivity index (χ4v) is 3.20. The first kappa shape index (κ1) is 16.0. The second-order valence-electron chi connectivity index (χ2n) is 5.98. The highest BCUT2D eigenvalue weighted by atomic mass is 79.9.